The van der Waals surface area contributed by atoms with Crippen molar-refractivity contribution in [2.45, 2.75) is 284 Å². The van der Waals surface area contributed by atoms with Crippen molar-refractivity contribution in [1.82, 2.24) is 0 Å². The van der Waals surface area contributed by atoms with Gasteiger partial charge in [-0.25, -0.2) is 0 Å². The first-order chi connectivity index (χ1) is 41.0. The first-order valence-electron chi connectivity index (χ1n) is 33.6. The average Bonchev–Trinajstić information content (AvgIpc) is 3.49. The van der Waals surface area contributed by atoms with Crippen molar-refractivity contribution in [3.8, 4) is 0 Å². The van der Waals surface area contributed by atoms with Gasteiger partial charge in [-0.2, -0.15) is 0 Å². The van der Waals surface area contributed by atoms with E-state index in [0.29, 0.717) is 19.3 Å². The smallest absolute Gasteiger partial charge is 0.306 e. The van der Waals surface area contributed by atoms with Crippen LogP contribution in [-0.4, -0.2) is 37.2 Å². The van der Waals surface area contributed by atoms with E-state index in [0.717, 1.165) is 148 Å². The molecule has 0 saturated heterocycles. The highest BCUT2D eigenvalue weighted by Gasteiger charge is 2.19. The lowest BCUT2D eigenvalue weighted by atomic mass is 10.0. The molecule has 0 saturated carbocycles. The molecule has 0 amide bonds. The summed E-state index contributed by atoms with van der Waals surface area (Å²) in [6.07, 6.45) is 102. The minimum absolute atomic E-state index is 0.108. The normalized spacial score (nSPS) is 13.2. The number of hydrogen-bond acceptors (Lipinski definition) is 6. The number of carbonyl (C=O) groups excluding carboxylic acids is 3. The zero-order chi connectivity index (χ0) is 59.9. The molecule has 0 aliphatic carbocycles. The van der Waals surface area contributed by atoms with Crippen molar-refractivity contribution in [1.29, 1.82) is 0 Å². The van der Waals surface area contributed by atoms with Gasteiger partial charge in [0.25, 0.3) is 0 Å². The van der Waals surface area contributed by atoms with Gasteiger partial charge in [-0.3, -0.25) is 14.4 Å². The molecule has 0 N–H and O–H groups in total. The summed E-state index contributed by atoms with van der Waals surface area (Å²) in [7, 11) is 0. The summed E-state index contributed by atoms with van der Waals surface area (Å²) in [5.74, 6) is -0.983. The van der Waals surface area contributed by atoms with Crippen LogP contribution in [0, 0.1) is 0 Å². The molecule has 0 spiro atoms. The molecule has 83 heavy (non-hydrogen) atoms. The topological polar surface area (TPSA) is 78.9 Å². The van der Waals surface area contributed by atoms with Crippen molar-refractivity contribution in [3.05, 3.63) is 170 Å². The van der Waals surface area contributed by atoms with Gasteiger partial charge >= 0.3 is 17.9 Å². The highest BCUT2D eigenvalue weighted by Crippen LogP contribution is 2.15. The molecule has 0 aromatic rings. The summed E-state index contributed by atoms with van der Waals surface area (Å²) >= 11 is 0. The Hall–Kier alpha value is -5.23. The van der Waals surface area contributed by atoms with E-state index in [4.69, 9.17) is 14.2 Å². The van der Waals surface area contributed by atoms with Crippen molar-refractivity contribution >= 4 is 17.9 Å². The molecule has 0 radical (unpaired) electrons. The van der Waals surface area contributed by atoms with Crippen molar-refractivity contribution in [2.75, 3.05) is 13.2 Å². The predicted molar refractivity (Wildman–Crippen MR) is 361 cm³/mol. The van der Waals surface area contributed by atoms with Crippen LogP contribution in [0.15, 0.2) is 170 Å². The van der Waals surface area contributed by atoms with Gasteiger partial charge in [-0.1, -0.05) is 287 Å². The Morgan fingerprint density at radius 1 is 0.241 bits per heavy atom. The molecule has 1 unspecified atom stereocenters. The lowest BCUT2D eigenvalue weighted by molar-refractivity contribution is -0.167. The molecule has 0 aliphatic rings. The molecule has 6 nitrogen and oxygen atoms in total. The third kappa shape index (κ3) is 67.4. The number of carbonyl (C=O) groups is 3. The van der Waals surface area contributed by atoms with E-state index in [9.17, 15) is 14.4 Å². The first kappa shape index (κ1) is 77.8. The second kappa shape index (κ2) is 69.3. The first-order valence-corrected chi connectivity index (χ1v) is 33.6. The van der Waals surface area contributed by atoms with Crippen LogP contribution in [0.1, 0.15) is 278 Å². The molecule has 6 heteroatoms. The Morgan fingerprint density at radius 2 is 0.446 bits per heavy atom. The fourth-order valence-electron chi connectivity index (χ4n) is 8.79. The van der Waals surface area contributed by atoms with Gasteiger partial charge < -0.3 is 14.2 Å². The van der Waals surface area contributed by atoms with Gasteiger partial charge in [-0.05, 0) is 141 Å². The van der Waals surface area contributed by atoms with Gasteiger partial charge in [-0.15, -0.1) is 0 Å². The Balaban J connectivity index is 4.47. The minimum Gasteiger partial charge on any atom is -0.462 e. The van der Waals surface area contributed by atoms with Crippen LogP contribution in [0.2, 0.25) is 0 Å². The van der Waals surface area contributed by atoms with Crippen molar-refractivity contribution in [2.24, 2.45) is 0 Å². The number of ether oxygens (including phenoxy) is 3. The summed E-state index contributed by atoms with van der Waals surface area (Å²) in [6, 6.07) is 0. The number of allylic oxidation sites excluding steroid dienone is 28. The molecule has 0 fully saturated rings. The summed E-state index contributed by atoms with van der Waals surface area (Å²) in [4.78, 5) is 38.4. The van der Waals surface area contributed by atoms with E-state index < -0.39 is 6.10 Å². The van der Waals surface area contributed by atoms with Gasteiger partial charge in [0, 0.05) is 19.3 Å². The van der Waals surface area contributed by atoms with Crippen LogP contribution in [0.3, 0.4) is 0 Å². The molecule has 1 atom stereocenters. The summed E-state index contributed by atoms with van der Waals surface area (Å²) in [6.45, 7) is 6.25. The highest BCUT2D eigenvalue weighted by molar-refractivity contribution is 5.71. The quantitative estimate of drug-likeness (QED) is 0.0261. The van der Waals surface area contributed by atoms with E-state index in [1.165, 1.54) is 83.5 Å². The maximum absolute atomic E-state index is 13.0. The Kier molecular flexibility index (Phi) is 64.9. The Labute approximate surface area is 511 Å². The zero-order valence-corrected chi connectivity index (χ0v) is 53.4. The third-order valence-electron chi connectivity index (χ3n) is 13.7. The van der Waals surface area contributed by atoms with E-state index in [2.05, 4.69) is 191 Å². The minimum atomic E-state index is -0.819. The van der Waals surface area contributed by atoms with Crippen LogP contribution in [0.25, 0.3) is 0 Å². The largest absolute Gasteiger partial charge is 0.462 e. The standard InChI is InChI=1S/C77H122O6/c1-4-7-10-13-16-19-22-25-28-31-33-35-37-38-40-41-43-46-49-52-55-58-61-64-67-70-76(79)82-73-74(72-81-75(78)69-66-63-60-57-54-51-48-45-30-27-24-21-18-15-12-9-6-3)83-77(80)71-68-65-62-59-56-53-50-47-44-42-39-36-34-32-29-26-23-20-17-14-11-8-5-2/h7-12,16-21,25-30,33-36,42,44,48,51,57,60,74H,4-6,13-15,22-24,31-32,37-41,43,45-47,49-50,52-56,58-59,61-73H2,1-3H3/b10-7-,11-8-,12-9-,19-16-,20-17-,21-18-,28-25-,29-26-,30-27-,35-33-,36-34-,44-42-,51-48-,60-57-. The van der Waals surface area contributed by atoms with Crippen LogP contribution < -0.4 is 0 Å². The summed E-state index contributed by atoms with van der Waals surface area (Å²) < 4.78 is 16.9. The van der Waals surface area contributed by atoms with Crippen molar-refractivity contribution in [3.63, 3.8) is 0 Å². The SMILES string of the molecule is CC/C=C\C/C=C\C/C=C\C/C=C\C/C=C\CCCCCCCCCC(=O)OC(COC(=O)CCC/C=C\C/C=C\C/C=C\C/C=C\C/C=C\CC)COC(=O)CCCCCCCCCCCCCC/C=C\C/C=C\C/C=C\C/C=C\CC. The number of rotatable bonds is 59. The molecular formula is C77H122O6. The lowest BCUT2D eigenvalue weighted by Gasteiger charge is -2.18. The number of unbranched alkanes of at least 4 members (excludes halogenated alkanes) is 20. The molecule has 0 bridgehead atoms. The van der Waals surface area contributed by atoms with E-state index in [1.807, 2.05) is 0 Å². The number of hydrogen-bond donors (Lipinski definition) is 0. The fraction of sp³-hybridized carbons (Fsp3) is 0.597. The van der Waals surface area contributed by atoms with E-state index in [1.54, 1.807) is 0 Å². The maximum atomic E-state index is 13.0. The predicted octanol–water partition coefficient (Wildman–Crippen LogP) is 23.4. The maximum Gasteiger partial charge on any atom is 0.306 e. The third-order valence-corrected chi connectivity index (χ3v) is 13.7. The average molecular weight is 1140 g/mol. The molecule has 0 aromatic carbocycles. The van der Waals surface area contributed by atoms with Crippen molar-refractivity contribution < 1.29 is 28.6 Å². The van der Waals surface area contributed by atoms with Gasteiger partial charge in [0.05, 0.1) is 0 Å². The highest BCUT2D eigenvalue weighted by atomic mass is 16.6. The number of esters is 3. The van der Waals surface area contributed by atoms with E-state index in [-0.39, 0.29) is 37.5 Å². The van der Waals surface area contributed by atoms with Gasteiger partial charge in [0.15, 0.2) is 6.10 Å². The summed E-state index contributed by atoms with van der Waals surface area (Å²) in [5, 5.41) is 0. The molecule has 466 valence electrons. The Bertz CT molecular complexity index is 1890. The van der Waals surface area contributed by atoms with Crippen LogP contribution in [0.5, 0.6) is 0 Å². The van der Waals surface area contributed by atoms with Crippen LogP contribution in [0.4, 0.5) is 0 Å². The van der Waals surface area contributed by atoms with E-state index >= 15 is 0 Å². The second-order valence-corrected chi connectivity index (χ2v) is 21.6. The van der Waals surface area contributed by atoms with Crippen LogP contribution in [-0.2, 0) is 28.6 Å². The zero-order valence-electron chi connectivity index (χ0n) is 53.4. The van der Waals surface area contributed by atoms with Crippen LogP contribution >= 0.6 is 0 Å². The Morgan fingerprint density at radius 3 is 0.723 bits per heavy atom. The molecule has 0 heterocycles. The van der Waals surface area contributed by atoms with Gasteiger partial charge in [0.2, 0.25) is 0 Å². The second-order valence-electron chi connectivity index (χ2n) is 21.6. The summed E-state index contributed by atoms with van der Waals surface area (Å²) in [5.41, 5.74) is 0. The molecule has 0 aliphatic heterocycles. The van der Waals surface area contributed by atoms with Gasteiger partial charge in [0.1, 0.15) is 13.2 Å². The molecular weight excluding hydrogens is 1020 g/mol. The fourth-order valence-corrected chi connectivity index (χ4v) is 8.79. The monoisotopic (exact) mass is 1140 g/mol. The molecule has 0 aromatic heterocycles. The lowest BCUT2D eigenvalue weighted by Crippen LogP contribution is -2.30. The molecule has 0 rings (SSSR count).